The van der Waals surface area contributed by atoms with Crippen molar-refractivity contribution >= 4 is 17.6 Å². The second kappa shape index (κ2) is 8.98. The van der Waals surface area contributed by atoms with Crippen LogP contribution in [0, 0.1) is 12.8 Å². The van der Waals surface area contributed by atoms with E-state index in [9.17, 15) is 14.4 Å². The third-order valence-electron chi connectivity index (χ3n) is 4.62. The molecule has 1 fully saturated rings. The fraction of sp³-hybridized carbons (Fsp3) is 0.632. The normalized spacial score (nSPS) is 21.0. The number of hydrogen-bond acceptors (Lipinski definition) is 5. The van der Waals surface area contributed by atoms with Gasteiger partial charge in [0.05, 0.1) is 17.9 Å². The van der Waals surface area contributed by atoms with Crippen molar-refractivity contribution in [3.05, 3.63) is 23.7 Å². The second-order valence-electron chi connectivity index (χ2n) is 7.10. The molecule has 1 aliphatic heterocycles. The molecule has 3 atom stereocenters. The Hall–Kier alpha value is -2.15. The summed E-state index contributed by atoms with van der Waals surface area (Å²) >= 11 is 0. The Balaban J connectivity index is 2.07. The van der Waals surface area contributed by atoms with Crippen LogP contribution in [-0.2, 0) is 14.3 Å². The molecular formula is C19H28N2O5. The first-order valence-electron chi connectivity index (χ1n) is 9.13. The fourth-order valence-corrected chi connectivity index (χ4v) is 2.99. The van der Waals surface area contributed by atoms with Crippen LogP contribution >= 0.6 is 0 Å². The first-order valence-corrected chi connectivity index (χ1v) is 9.13. The smallest absolute Gasteiger partial charge is 0.255 e. The minimum atomic E-state index is -0.717. The molecule has 1 aliphatic rings. The highest BCUT2D eigenvalue weighted by Gasteiger charge is 2.37. The van der Waals surface area contributed by atoms with Crippen molar-refractivity contribution in [3.63, 3.8) is 0 Å². The van der Waals surface area contributed by atoms with E-state index in [1.54, 1.807) is 13.0 Å². The van der Waals surface area contributed by atoms with Gasteiger partial charge < -0.3 is 19.8 Å². The van der Waals surface area contributed by atoms with Gasteiger partial charge in [-0.05, 0) is 38.2 Å². The number of amides is 2. The topological polar surface area (TPSA) is 97.6 Å². The molecule has 0 spiro atoms. The zero-order valence-corrected chi connectivity index (χ0v) is 15.8. The van der Waals surface area contributed by atoms with E-state index in [2.05, 4.69) is 24.5 Å². The number of carbonyl (C=O) groups is 3. The Morgan fingerprint density at radius 1 is 1.31 bits per heavy atom. The molecule has 0 aromatic carbocycles. The number of ketones is 1. The molecule has 26 heavy (non-hydrogen) atoms. The Labute approximate surface area is 153 Å². The maximum absolute atomic E-state index is 12.8. The Morgan fingerprint density at radius 2 is 2.04 bits per heavy atom. The molecular weight excluding hydrogens is 336 g/mol. The van der Waals surface area contributed by atoms with Gasteiger partial charge in [-0.3, -0.25) is 14.4 Å². The van der Waals surface area contributed by atoms with E-state index in [4.69, 9.17) is 9.15 Å². The third-order valence-corrected chi connectivity index (χ3v) is 4.62. The van der Waals surface area contributed by atoms with Gasteiger partial charge >= 0.3 is 0 Å². The maximum Gasteiger partial charge on any atom is 0.255 e. The summed E-state index contributed by atoms with van der Waals surface area (Å²) < 4.78 is 10.6. The summed E-state index contributed by atoms with van der Waals surface area (Å²) in [5.74, 6) is 0.0297. The Kier molecular flexibility index (Phi) is 6.97. The molecule has 2 N–H and O–H groups in total. The van der Waals surface area contributed by atoms with Gasteiger partial charge in [0.1, 0.15) is 24.5 Å². The van der Waals surface area contributed by atoms with Gasteiger partial charge in [0.15, 0.2) is 5.78 Å². The van der Waals surface area contributed by atoms with E-state index in [0.29, 0.717) is 30.1 Å². The molecule has 2 unspecified atom stereocenters. The highest BCUT2D eigenvalue weighted by molar-refractivity contribution is 5.99. The van der Waals surface area contributed by atoms with Gasteiger partial charge in [-0.1, -0.05) is 20.8 Å². The van der Waals surface area contributed by atoms with E-state index >= 15 is 0 Å². The third kappa shape index (κ3) is 4.94. The number of hydrogen-bond donors (Lipinski definition) is 2. The number of ether oxygens (including phenoxy) is 1. The molecule has 2 amide bonds. The molecule has 0 aliphatic carbocycles. The molecule has 1 aromatic heterocycles. The summed E-state index contributed by atoms with van der Waals surface area (Å²) in [6, 6.07) is 0.204. The van der Waals surface area contributed by atoms with Crippen LogP contribution in [-0.4, -0.2) is 42.4 Å². The molecule has 7 nitrogen and oxygen atoms in total. The highest BCUT2D eigenvalue weighted by Crippen LogP contribution is 2.15. The molecule has 0 bridgehead atoms. The fourth-order valence-electron chi connectivity index (χ4n) is 2.99. The average molecular weight is 364 g/mol. The number of rotatable bonds is 8. The van der Waals surface area contributed by atoms with Crippen molar-refractivity contribution in [2.45, 2.75) is 65.1 Å². The number of furan rings is 1. The lowest BCUT2D eigenvalue weighted by Gasteiger charge is -2.23. The molecule has 144 valence electrons. The molecule has 7 heteroatoms. The van der Waals surface area contributed by atoms with Crippen LogP contribution in [0.5, 0.6) is 0 Å². The standard InChI is InChI=1S/C19H28N2O5/c1-5-16-17(15(22)10-26-16)21-19(24)14(7-6-11(2)3)20-18(23)13-8-9-25-12(13)4/h8-9,11,14,16-17H,5-7,10H2,1-4H3,(H,20,23)(H,21,24)/t14-,16?,17?/m0/s1. The summed E-state index contributed by atoms with van der Waals surface area (Å²) in [6.07, 6.45) is 3.02. The Bertz CT molecular complexity index is 652. The molecule has 1 aromatic rings. The van der Waals surface area contributed by atoms with Crippen LogP contribution in [0.4, 0.5) is 0 Å². The van der Waals surface area contributed by atoms with Gasteiger partial charge in [0.2, 0.25) is 5.91 Å². The number of carbonyl (C=O) groups excluding carboxylic acids is 3. The largest absolute Gasteiger partial charge is 0.469 e. The molecule has 0 radical (unpaired) electrons. The van der Waals surface area contributed by atoms with Crippen molar-refractivity contribution in [1.82, 2.24) is 10.6 Å². The monoisotopic (exact) mass is 364 g/mol. The minimum absolute atomic E-state index is 0.0146. The minimum Gasteiger partial charge on any atom is -0.469 e. The van der Waals surface area contributed by atoms with Crippen LogP contribution in [0.2, 0.25) is 0 Å². The van der Waals surface area contributed by atoms with Crippen LogP contribution < -0.4 is 10.6 Å². The van der Waals surface area contributed by atoms with Crippen molar-refractivity contribution in [1.29, 1.82) is 0 Å². The van der Waals surface area contributed by atoms with Gasteiger partial charge in [-0.2, -0.15) is 0 Å². The number of Topliss-reactive ketones (excluding diaryl/α,β-unsaturated/α-hetero) is 1. The van der Waals surface area contributed by atoms with E-state index in [1.807, 2.05) is 6.92 Å². The van der Waals surface area contributed by atoms with Crippen molar-refractivity contribution < 1.29 is 23.5 Å². The second-order valence-corrected chi connectivity index (χ2v) is 7.10. The average Bonchev–Trinajstić information content (AvgIpc) is 3.17. The summed E-state index contributed by atoms with van der Waals surface area (Å²) in [7, 11) is 0. The van der Waals surface area contributed by atoms with Crippen molar-refractivity contribution in [3.8, 4) is 0 Å². The van der Waals surface area contributed by atoms with Gasteiger partial charge in [0.25, 0.3) is 5.91 Å². The zero-order valence-electron chi connectivity index (χ0n) is 15.8. The van der Waals surface area contributed by atoms with Gasteiger partial charge in [0, 0.05) is 0 Å². The predicted octanol–water partition coefficient (Wildman–Crippen LogP) is 1.99. The van der Waals surface area contributed by atoms with Crippen molar-refractivity contribution in [2.75, 3.05) is 6.61 Å². The predicted molar refractivity (Wildman–Crippen MR) is 95.7 cm³/mol. The van der Waals surface area contributed by atoms with Crippen LogP contribution in [0.3, 0.4) is 0 Å². The first-order chi connectivity index (χ1) is 12.3. The van der Waals surface area contributed by atoms with Crippen LogP contribution in [0.15, 0.2) is 16.7 Å². The van der Waals surface area contributed by atoms with Crippen LogP contribution in [0.25, 0.3) is 0 Å². The number of aryl methyl sites for hydroxylation is 1. The zero-order chi connectivity index (χ0) is 19.3. The summed E-state index contributed by atoms with van der Waals surface area (Å²) in [6.45, 7) is 7.72. The maximum atomic E-state index is 12.8. The van der Waals surface area contributed by atoms with E-state index in [1.165, 1.54) is 6.26 Å². The van der Waals surface area contributed by atoms with Gasteiger partial charge in [-0.15, -0.1) is 0 Å². The highest BCUT2D eigenvalue weighted by atomic mass is 16.5. The summed E-state index contributed by atoms with van der Waals surface area (Å²) in [4.78, 5) is 37.2. The van der Waals surface area contributed by atoms with Gasteiger partial charge in [-0.25, -0.2) is 0 Å². The lowest BCUT2D eigenvalue weighted by molar-refractivity contribution is -0.127. The van der Waals surface area contributed by atoms with E-state index in [0.717, 1.165) is 6.42 Å². The quantitative estimate of drug-likeness (QED) is 0.735. The van der Waals surface area contributed by atoms with Crippen LogP contribution in [0.1, 0.15) is 56.2 Å². The van der Waals surface area contributed by atoms with E-state index < -0.39 is 12.1 Å². The SMILES string of the molecule is CCC1OCC(=O)C1NC(=O)[C@H](CCC(C)C)NC(=O)c1ccoc1C. The molecule has 2 rings (SSSR count). The molecule has 2 heterocycles. The lowest BCUT2D eigenvalue weighted by atomic mass is 10.0. The molecule has 1 saturated heterocycles. The first kappa shape index (κ1) is 20.2. The van der Waals surface area contributed by atoms with Crippen molar-refractivity contribution in [2.24, 2.45) is 5.92 Å². The summed E-state index contributed by atoms with van der Waals surface area (Å²) in [5.41, 5.74) is 0.402. The lowest BCUT2D eigenvalue weighted by Crippen LogP contribution is -2.53. The number of nitrogens with one attached hydrogen (secondary N) is 2. The molecule has 0 saturated carbocycles. The van der Waals surface area contributed by atoms with E-state index in [-0.39, 0.29) is 30.3 Å². The summed E-state index contributed by atoms with van der Waals surface area (Å²) in [5, 5.41) is 5.54. The Morgan fingerprint density at radius 3 is 2.62 bits per heavy atom.